The predicted octanol–water partition coefficient (Wildman–Crippen LogP) is 2.87. The van der Waals surface area contributed by atoms with Crippen molar-refractivity contribution < 1.29 is 18.3 Å². The molecule has 1 amide bonds. The van der Waals surface area contributed by atoms with Crippen LogP contribution < -0.4 is 15.1 Å². The van der Waals surface area contributed by atoms with Crippen molar-refractivity contribution in [2.75, 3.05) is 35.7 Å². The van der Waals surface area contributed by atoms with Crippen molar-refractivity contribution in [3.05, 3.63) is 48.2 Å². The third-order valence-electron chi connectivity index (χ3n) is 9.06. The lowest BCUT2D eigenvalue weighted by Crippen LogP contribution is -2.61. The van der Waals surface area contributed by atoms with Gasteiger partial charge in [0.15, 0.2) is 9.84 Å². The zero-order chi connectivity index (χ0) is 25.9. The summed E-state index contributed by atoms with van der Waals surface area (Å²) in [5.74, 6) is 2.01. The van der Waals surface area contributed by atoms with E-state index in [-0.39, 0.29) is 18.0 Å². The predicted molar refractivity (Wildman–Crippen MR) is 143 cm³/mol. The molecule has 2 heterocycles. The third-order valence-corrected chi connectivity index (χ3v) is 10.2. The zero-order valence-corrected chi connectivity index (χ0v) is 22.3. The largest absolute Gasteiger partial charge is 0.390 e. The minimum atomic E-state index is -3.21. The molecule has 5 aliphatic rings. The molecule has 198 valence electrons. The van der Waals surface area contributed by atoms with Crippen molar-refractivity contribution in [3.8, 4) is 0 Å². The van der Waals surface area contributed by atoms with Crippen LogP contribution in [-0.4, -0.2) is 68.0 Å². The van der Waals surface area contributed by atoms with Crippen molar-refractivity contribution in [3.63, 3.8) is 0 Å². The highest BCUT2D eigenvalue weighted by atomic mass is 32.2. The van der Waals surface area contributed by atoms with Gasteiger partial charge in [-0.2, -0.15) is 0 Å². The van der Waals surface area contributed by atoms with Gasteiger partial charge in [-0.3, -0.25) is 4.79 Å². The van der Waals surface area contributed by atoms with Crippen LogP contribution in [0.1, 0.15) is 49.5 Å². The first-order valence-corrected chi connectivity index (χ1v) is 15.3. The average Bonchev–Trinajstić information content (AvgIpc) is 2.85. The number of piperazine rings is 1. The maximum Gasteiger partial charge on any atom is 0.270 e. The Morgan fingerprint density at radius 1 is 1.05 bits per heavy atom. The van der Waals surface area contributed by atoms with Gasteiger partial charge in [-0.25, -0.2) is 13.4 Å². The van der Waals surface area contributed by atoms with Crippen LogP contribution in [0.25, 0.3) is 0 Å². The molecule has 3 unspecified atom stereocenters. The molecule has 8 nitrogen and oxygen atoms in total. The first-order valence-electron chi connectivity index (χ1n) is 13.4. The highest BCUT2D eigenvalue weighted by molar-refractivity contribution is 7.90. The van der Waals surface area contributed by atoms with Gasteiger partial charge in [0.2, 0.25) is 0 Å². The fraction of sp³-hybridized carbons (Fsp3) is 0.571. The lowest BCUT2D eigenvalue weighted by Gasteiger charge is -2.58. The van der Waals surface area contributed by atoms with E-state index in [0.717, 1.165) is 63.2 Å². The number of carbonyl (C=O) groups excluding carboxylic acids is 1. The van der Waals surface area contributed by atoms with Gasteiger partial charge in [-0.05, 0) is 93.2 Å². The number of amides is 1. The van der Waals surface area contributed by atoms with Gasteiger partial charge in [0.25, 0.3) is 5.91 Å². The molecule has 1 aromatic heterocycles. The summed E-state index contributed by atoms with van der Waals surface area (Å²) in [7, 11) is -3.21. The summed E-state index contributed by atoms with van der Waals surface area (Å²) in [6, 6.07) is 13.0. The van der Waals surface area contributed by atoms with E-state index in [1.165, 1.54) is 6.26 Å². The number of hydrogen-bond acceptors (Lipinski definition) is 7. The Hall–Kier alpha value is -2.65. The summed E-state index contributed by atoms with van der Waals surface area (Å²) in [5.41, 5.74) is 0.931. The Morgan fingerprint density at radius 2 is 1.76 bits per heavy atom. The van der Waals surface area contributed by atoms with Crippen LogP contribution in [0.4, 0.5) is 11.5 Å². The molecule has 1 aliphatic heterocycles. The number of benzene rings is 1. The smallest absolute Gasteiger partial charge is 0.270 e. The van der Waals surface area contributed by atoms with Crippen molar-refractivity contribution in [2.45, 2.75) is 61.6 Å². The van der Waals surface area contributed by atoms with Crippen LogP contribution in [0.3, 0.4) is 0 Å². The van der Waals surface area contributed by atoms with Gasteiger partial charge in [0.05, 0.1) is 10.5 Å². The number of nitrogens with one attached hydrogen (secondary N) is 1. The summed E-state index contributed by atoms with van der Waals surface area (Å²) >= 11 is 0. The molecule has 4 aliphatic carbocycles. The van der Waals surface area contributed by atoms with Crippen molar-refractivity contribution in [2.24, 2.45) is 17.8 Å². The first-order chi connectivity index (χ1) is 17.6. The van der Waals surface area contributed by atoms with E-state index < -0.39 is 15.4 Å². The molecule has 1 saturated heterocycles. The van der Waals surface area contributed by atoms with E-state index in [4.69, 9.17) is 4.98 Å². The van der Waals surface area contributed by atoms with E-state index in [2.05, 4.69) is 22.0 Å². The van der Waals surface area contributed by atoms with Crippen LogP contribution in [0.15, 0.2) is 47.4 Å². The Bertz CT molecular complexity index is 1280. The molecule has 37 heavy (non-hydrogen) atoms. The maximum absolute atomic E-state index is 13.3. The summed E-state index contributed by atoms with van der Waals surface area (Å²) in [6.07, 6.45) is 5.97. The lowest BCUT2D eigenvalue weighted by molar-refractivity contribution is -0.136. The summed E-state index contributed by atoms with van der Waals surface area (Å²) < 4.78 is 23.5. The summed E-state index contributed by atoms with van der Waals surface area (Å²) in [5, 5.41) is 14.2. The Labute approximate surface area is 219 Å². The molecule has 0 radical (unpaired) electrons. The van der Waals surface area contributed by atoms with Crippen LogP contribution in [-0.2, 0) is 9.84 Å². The van der Waals surface area contributed by atoms with E-state index in [9.17, 15) is 18.3 Å². The number of pyridine rings is 1. The van der Waals surface area contributed by atoms with E-state index in [0.29, 0.717) is 28.3 Å². The summed E-state index contributed by atoms with van der Waals surface area (Å²) in [4.78, 5) is 22.8. The standard InChI is InChI=1S/C28H36N4O4S/c1-18-17-31(22-6-8-23(9-7-22)37(2,35)36)10-11-32(18)25-5-3-4-24(29-25)27(33)30-26-20-12-19-13-21(26)16-28(34,14-19)15-20/h3-9,18-21,26,34H,10-17H2,1-2H3,(H,30,33). The molecule has 3 atom stereocenters. The molecule has 4 saturated carbocycles. The van der Waals surface area contributed by atoms with Crippen molar-refractivity contribution >= 4 is 27.2 Å². The molecule has 2 N–H and O–H groups in total. The van der Waals surface area contributed by atoms with Gasteiger partial charge < -0.3 is 20.2 Å². The number of aliphatic hydroxyl groups is 1. The quantitative estimate of drug-likeness (QED) is 0.620. The van der Waals surface area contributed by atoms with E-state index in [1.807, 2.05) is 24.3 Å². The second-order valence-electron chi connectivity index (χ2n) is 11.8. The average molecular weight is 525 g/mol. The number of aromatic nitrogens is 1. The highest BCUT2D eigenvalue weighted by Crippen LogP contribution is 2.55. The van der Waals surface area contributed by atoms with Crippen LogP contribution >= 0.6 is 0 Å². The zero-order valence-electron chi connectivity index (χ0n) is 21.5. The molecule has 9 heteroatoms. The van der Waals surface area contributed by atoms with Crippen LogP contribution in [0.2, 0.25) is 0 Å². The second kappa shape index (κ2) is 8.98. The summed E-state index contributed by atoms with van der Waals surface area (Å²) in [6.45, 7) is 4.44. The monoisotopic (exact) mass is 524 g/mol. The molecular weight excluding hydrogens is 488 g/mol. The Morgan fingerprint density at radius 3 is 2.38 bits per heavy atom. The van der Waals surface area contributed by atoms with Crippen LogP contribution in [0.5, 0.6) is 0 Å². The van der Waals surface area contributed by atoms with Gasteiger partial charge in [-0.1, -0.05) is 6.07 Å². The number of sulfone groups is 1. The Kier molecular flexibility index (Phi) is 5.99. The van der Waals surface area contributed by atoms with Gasteiger partial charge in [0, 0.05) is 43.7 Å². The van der Waals surface area contributed by atoms with Crippen LogP contribution in [0, 0.1) is 17.8 Å². The fourth-order valence-electron chi connectivity index (χ4n) is 7.59. The minimum absolute atomic E-state index is 0.122. The van der Waals surface area contributed by atoms with Crippen molar-refractivity contribution in [1.29, 1.82) is 0 Å². The number of anilines is 2. The minimum Gasteiger partial charge on any atom is -0.390 e. The highest BCUT2D eigenvalue weighted by Gasteiger charge is 2.55. The molecule has 7 rings (SSSR count). The molecular formula is C28H36N4O4S. The Balaban J connectivity index is 1.11. The normalized spacial score (nSPS) is 33.0. The molecule has 2 aromatic rings. The molecule has 4 bridgehead atoms. The molecule has 0 spiro atoms. The topological polar surface area (TPSA) is 103 Å². The number of nitrogens with zero attached hydrogens (tertiary/aromatic N) is 3. The first kappa shape index (κ1) is 24.7. The lowest BCUT2D eigenvalue weighted by atomic mass is 9.52. The molecule has 5 fully saturated rings. The van der Waals surface area contributed by atoms with E-state index in [1.54, 1.807) is 18.2 Å². The maximum atomic E-state index is 13.3. The fourth-order valence-corrected chi connectivity index (χ4v) is 8.22. The molecule has 1 aromatic carbocycles. The number of hydrogen-bond donors (Lipinski definition) is 2. The second-order valence-corrected chi connectivity index (χ2v) is 13.8. The number of rotatable bonds is 5. The third kappa shape index (κ3) is 4.72. The van der Waals surface area contributed by atoms with Gasteiger partial charge in [-0.15, -0.1) is 0 Å². The van der Waals surface area contributed by atoms with E-state index >= 15 is 0 Å². The van der Waals surface area contributed by atoms with Gasteiger partial charge >= 0.3 is 0 Å². The van der Waals surface area contributed by atoms with Crippen molar-refractivity contribution in [1.82, 2.24) is 10.3 Å². The SMILES string of the molecule is CC1CN(c2ccc(S(C)(=O)=O)cc2)CCN1c1cccc(C(=O)NC2C3CC4CC2CC(O)(C4)C3)n1. The van der Waals surface area contributed by atoms with Gasteiger partial charge in [0.1, 0.15) is 11.5 Å². The number of carbonyl (C=O) groups is 1.